The normalized spacial score (nSPS) is 23.3. The standard InChI is InChI=1S/C17H23F3N2O/c1-11(13-5-7-14(8-6-13)17(18,19)20)10-16(23)22-15-4-3-9-21-12(15)2/h5-8,11-12,15,21H,3-4,9-10H2,1-2H3,(H,22,23). The van der Waals surface area contributed by atoms with E-state index in [4.69, 9.17) is 0 Å². The summed E-state index contributed by atoms with van der Waals surface area (Å²) in [6, 6.07) is 5.40. The van der Waals surface area contributed by atoms with E-state index < -0.39 is 11.7 Å². The van der Waals surface area contributed by atoms with Gasteiger partial charge in [-0.25, -0.2) is 0 Å². The fraction of sp³-hybridized carbons (Fsp3) is 0.588. The minimum atomic E-state index is -4.33. The molecule has 3 unspecified atom stereocenters. The smallest absolute Gasteiger partial charge is 0.352 e. The van der Waals surface area contributed by atoms with Crippen molar-refractivity contribution in [2.45, 2.75) is 57.3 Å². The maximum atomic E-state index is 12.6. The van der Waals surface area contributed by atoms with E-state index in [-0.39, 0.29) is 30.3 Å². The van der Waals surface area contributed by atoms with Crippen LogP contribution in [0.1, 0.15) is 50.2 Å². The summed E-state index contributed by atoms with van der Waals surface area (Å²) in [6.07, 6.45) is -2.07. The van der Waals surface area contributed by atoms with Gasteiger partial charge < -0.3 is 10.6 Å². The molecule has 3 nitrogen and oxygen atoms in total. The molecular weight excluding hydrogens is 305 g/mol. The zero-order chi connectivity index (χ0) is 17.0. The lowest BCUT2D eigenvalue weighted by atomic mass is 9.95. The van der Waals surface area contributed by atoms with Gasteiger partial charge in [0.05, 0.1) is 5.56 Å². The van der Waals surface area contributed by atoms with E-state index in [0.29, 0.717) is 0 Å². The molecule has 3 atom stereocenters. The van der Waals surface area contributed by atoms with Crippen LogP contribution in [0.4, 0.5) is 13.2 Å². The van der Waals surface area contributed by atoms with Gasteiger partial charge in [0, 0.05) is 18.5 Å². The number of benzene rings is 1. The van der Waals surface area contributed by atoms with Crippen LogP contribution in [0.15, 0.2) is 24.3 Å². The number of piperidine rings is 1. The molecule has 1 aliphatic heterocycles. The van der Waals surface area contributed by atoms with Gasteiger partial charge >= 0.3 is 6.18 Å². The number of amides is 1. The molecule has 1 heterocycles. The van der Waals surface area contributed by atoms with Crippen molar-refractivity contribution < 1.29 is 18.0 Å². The quantitative estimate of drug-likeness (QED) is 0.889. The molecule has 23 heavy (non-hydrogen) atoms. The number of halogens is 3. The van der Waals surface area contributed by atoms with Crippen LogP contribution < -0.4 is 10.6 Å². The van der Waals surface area contributed by atoms with Crippen LogP contribution in [0.2, 0.25) is 0 Å². The third-order valence-corrected chi connectivity index (χ3v) is 4.41. The van der Waals surface area contributed by atoms with Crippen molar-refractivity contribution in [1.82, 2.24) is 10.6 Å². The third kappa shape index (κ3) is 4.96. The van der Waals surface area contributed by atoms with Crippen molar-refractivity contribution in [3.05, 3.63) is 35.4 Å². The van der Waals surface area contributed by atoms with Gasteiger partial charge in [-0.05, 0) is 49.9 Å². The first kappa shape index (κ1) is 17.8. The Labute approximate surface area is 134 Å². The van der Waals surface area contributed by atoms with Gasteiger partial charge in [-0.15, -0.1) is 0 Å². The number of hydrogen-bond donors (Lipinski definition) is 2. The van der Waals surface area contributed by atoms with Gasteiger partial charge in [-0.2, -0.15) is 13.2 Å². The third-order valence-electron chi connectivity index (χ3n) is 4.41. The molecule has 1 amide bonds. The Kier molecular flexibility index (Phi) is 5.68. The molecule has 1 fully saturated rings. The highest BCUT2D eigenvalue weighted by atomic mass is 19.4. The summed E-state index contributed by atoms with van der Waals surface area (Å²) in [6.45, 7) is 4.86. The van der Waals surface area contributed by atoms with E-state index in [2.05, 4.69) is 10.6 Å². The van der Waals surface area contributed by atoms with Crippen LogP contribution in [0.25, 0.3) is 0 Å². The van der Waals surface area contributed by atoms with E-state index >= 15 is 0 Å². The molecular formula is C17H23F3N2O. The van der Waals surface area contributed by atoms with Crippen LogP contribution in [0, 0.1) is 0 Å². The predicted molar refractivity (Wildman–Crippen MR) is 83.1 cm³/mol. The Morgan fingerprint density at radius 2 is 2.00 bits per heavy atom. The fourth-order valence-electron chi connectivity index (χ4n) is 2.90. The van der Waals surface area contributed by atoms with E-state index in [0.717, 1.165) is 37.1 Å². The molecule has 128 valence electrons. The Balaban J connectivity index is 1.90. The zero-order valence-corrected chi connectivity index (χ0v) is 13.4. The summed E-state index contributed by atoms with van der Waals surface area (Å²) in [5, 5.41) is 6.34. The molecule has 1 saturated heterocycles. The second kappa shape index (κ2) is 7.34. The zero-order valence-electron chi connectivity index (χ0n) is 13.4. The minimum Gasteiger partial charge on any atom is -0.352 e. The monoisotopic (exact) mass is 328 g/mol. The summed E-state index contributed by atoms with van der Waals surface area (Å²) >= 11 is 0. The van der Waals surface area contributed by atoms with Gasteiger partial charge in [0.1, 0.15) is 0 Å². The molecule has 0 saturated carbocycles. The summed E-state index contributed by atoms with van der Waals surface area (Å²) in [5.41, 5.74) is 0.0722. The molecule has 2 rings (SSSR count). The predicted octanol–water partition coefficient (Wildman–Crippen LogP) is 3.46. The van der Waals surface area contributed by atoms with Crippen LogP contribution in [-0.4, -0.2) is 24.5 Å². The Morgan fingerprint density at radius 3 is 2.57 bits per heavy atom. The number of carbonyl (C=O) groups excluding carboxylic acids is 1. The SMILES string of the molecule is CC(CC(=O)NC1CCCNC1C)c1ccc(C(F)(F)F)cc1. The van der Waals surface area contributed by atoms with Crippen molar-refractivity contribution in [1.29, 1.82) is 0 Å². The largest absolute Gasteiger partial charge is 0.416 e. The highest BCUT2D eigenvalue weighted by Crippen LogP contribution is 2.30. The Morgan fingerprint density at radius 1 is 1.35 bits per heavy atom. The number of hydrogen-bond acceptors (Lipinski definition) is 2. The average Bonchev–Trinajstić information content (AvgIpc) is 2.49. The van der Waals surface area contributed by atoms with Crippen molar-refractivity contribution in [2.24, 2.45) is 0 Å². The topological polar surface area (TPSA) is 41.1 Å². The van der Waals surface area contributed by atoms with Gasteiger partial charge in [0.2, 0.25) is 5.91 Å². The highest BCUT2D eigenvalue weighted by Gasteiger charge is 2.30. The lowest BCUT2D eigenvalue weighted by molar-refractivity contribution is -0.137. The highest BCUT2D eigenvalue weighted by molar-refractivity contribution is 5.77. The van der Waals surface area contributed by atoms with Crippen LogP contribution in [-0.2, 0) is 11.0 Å². The lowest BCUT2D eigenvalue weighted by Gasteiger charge is -2.31. The Bertz CT molecular complexity index is 528. The molecule has 2 N–H and O–H groups in total. The molecule has 0 spiro atoms. The fourth-order valence-corrected chi connectivity index (χ4v) is 2.90. The summed E-state index contributed by atoms with van der Waals surface area (Å²) < 4.78 is 37.7. The number of carbonyl (C=O) groups is 1. The van der Waals surface area contributed by atoms with E-state index in [1.54, 1.807) is 0 Å². The van der Waals surface area contributed by atoms with Gasteiger partial charge in [0.15, 0.2) is 0 Å². The molecule has 0 aromatic heterocycles. The van der Waals surface area contributed by atoms with Gasteiger partial charge in [0.25, 0.3) is 0 Å². The number of rotatable bonds is 4. The van der Waals surface area contributed by atoms with Crippen molar-refractivity contribution in [2.75, 3.05) is 6.54 Å². The second-order valence-electron chi connectivity index (χ2n) is 6.28. The molecule has 0 radical (unpaired) electrons. The molecule has 6 heteroatoms. The molecule has 0 bridgehead atoms. The molecule has 1 aromatic carbocycles. The molecule has 1 aromatic rings. The van der Waals surface area contributed by atoms with Gasteiger partial charge in [-0.3, -0.25) is 4.79 Å². The first-order valence-electron chi connectivity index (χ1n) is 7.97. The van der Waals surface area contributed by atoms with Crippen molar-refractivity contribution in [3.8, 4) is 0 Å². The lowest BCUT2D eigenvalue weighted by Crippen LogP contribution is -2.52. The van der Waals surface area contributed by atoms with Crippen molar-refractivity contribution >= 4 is 5.91 Å². The van der Waals surface area contributed by atoms with E-state index in [1.807, 2.05) is 13.8 Å². The Hall–Kier alpha value is -1.56. The summed E-state index contributed by atoms with van der Waals surface area (Å²) in [4.78, 5) is 12.1. The summed E-state index contributed by atoms with van der Waals surface area (Å²) in [5.74, 6) is -0.179. The maximum absolute atomic E-state index is 12.6. The van der Waals surface area contributed by atoms with Gasteiger partial charge in [-0.1, -0.05) is 19.1 Å². The first-order valence-corrected chi connectivity index (χ1v) is 7.97. The minimum absolute atomic E-state index is 0.0575. The average molecular weight is 328 g/mol. The van der Waals surface area contributed by atoms with Crippen LogP contribution in [0.5, 0.6) is 0 Å². The first-order chi connectivity index (χ1) is 10.8. The van der Waals surface area contributed by atoms with Crippen LogP contribution in [0.3, 0.4) is 0 Å². The van der Waals surface area contributed by atoms with E-state index in [9.17, 15) is 18.0 Å². The maximum Gasteiger partial charge on any atom is 0.416 e. The number of nitrogens with one attached hydrogen (secondary N) is 2. The molecule has 0 aliphatic carbocycles. The van der Waals surface area contributed by atoms with Crippen LogP contribution >= 0.6 is 0 Å². The van der Waals surface area contributed by atoms with Crippen molar-refractivity contribution in [3.63, 3.8) is 0 Å². The molecule has 1 aliphatic rings. The summed E-state index contributed by atoms with van der Waals surface area (Å²) in [7, 11) is 0. The van der Waals surface area contributed by atoms with E-state index in [1.165, 1.54) is 12.1 Å². The number of alkyl halides is 3. The second-order valence-corrected chi connectivity index (χ2v) is 6.28.